The van der Waals surface area contributed by atoms with Crippen molar-refractivity contribution < 1.29 is 9.53 Å². The van der Waals surface area contributed by atoms with Gasteiger partial charge in [-0.2, -0.15) is 5.26 Å². The Bertz CT molecular complexity index is 444. The summed E-state index contributed by atoms with van der Waals surface area (Å²) in [5.41, 5.74) is 3.56. The standard InChI is InChI=1S/C13H15NO2/c1-4-10-5-9(2)11(6-12(10)8-14)7-13(15)16-3/h5-6H,4,7H2,1-3H3. The zero-order chi connectivity index (χ0) is 12.1. The Morgan fingerprint density at radius 3 is 2.62 bits per heavy atom. The number of methoxy groups -OCH3 is 1. The molecule has 0 atom stereocenters. The minimum Gasteiger partial charge on any atom is -0.469 e. The number of ether oxygens (including phenoxy) is 1. The Labute approximate surface area is 95.7 Å². The third-order valence-corrected chi connectivity index (χ3v) is 2.63. The Kier molecular flexibility index (Phi) is 4.07. The SMILES string of the molecule is CCc1cc(C)c(CC(=O)OC)cc1C#N. The highest BCUT2D eigenvalue weighted by Gasteiger charge is 2.09. The van der Waals surface area contributed by atoms with Gasteiger partial charge in [-0.15, -0.1) is 0 Å². The monoisotopic (exact) mass is 217 g/mol. The summed E-state index contributed by atoms with van der Waals surface area (Å²) in [7, 11) is 1.36. The van der Waals surface area contributed by atoms with Crippen molar-refractivity contribution in [3.05, 3.63) is 34.4 Å². The summed E-state index contributed by atoms with van der Waals surface area (Å²) in [5, 5.41) is 8.99. The summed E-state index contributed by atoms with van der Waals surface area (Å²) in [5.74, 6) is -0.281. The van der Waals surface area contributed by atoms with Gasteiger partial charge in [-0.1, -0.05) is 13.0 Å². The molecule has 0 heterocycles. The van der Waals surface area contributed by atoms with E-state index in [0.29, 0.717) is 5.56 Å². The quantitative estimate of drug-likeness (QED) is 0.729. The first-order valence-electron chi connectivity index (χ1n) is 5.21. The van der Waals surface area contributed by atoms with Gasteiger partial charge >= 0.3 is 5.97 Å². The average Bonchev–Trinajstić information content (AvgIpc) is 2.30. The topological polar surface area (TPSA) is 50.1 Å². The second-order valence-corrected chi connectivity index (χ2v) is 3.65. The fraction of sp³-hybridized carbons (Fsp3) is 0.385. The second-order valence-electron chi connectivity index (χ2n) is 3.65. The highest BCUT2D eigenvalue weighted by atomic mass is 16.5. The molecular weight excluding hydrogens is 202 g/mol. The van der Waals surface area contributed by atoms with Gasteiger partial charge in [0.2, 0.25) is 0 Å². The van der Waals surface area contributed by atoms with Crippen molar-refractivity contribution in [2.24, 2.45) is 0 Å². The normalized spacial score (nSPS) is 9.62. The van der Waals surface area contributed by atoms with Crippen molar-refractivity contribution in [1.82, 2.24) is 0 Å². The molecule has 16 heavy (non-hydrogen) atoms. The van der Waals surface area contributed by atoms with Crippen LogP contribution in [0.5, 0.6) is 0 Å². The molecule has 3 heteroatoms. The van der Waals surface area contributed by atoms with E-state index in [0.717, 1.165) is 23.1 Å². The van der Waals surface area contributed by atoms with Crippen LogP contribution in [0.2, 0.25) is 0 Å². The molecule has 0 aromatic heterocycles. The van der Waals surface area contributed by atoms with E-state index >= 15 is 0 Å². The maximum Gasteiger partial charge on any atom is 0.309 e. The van der Waals surface area contributed by atoms with E-state index in [1.54, 1.807) is 6.07 Å². The summed E-state index contributed by atoms with van der Waals surface area (Å²) in [6, 6.07) is 5.91. The van der Waals surface area contributed by atoms with Gasteiger partial charge in [-0.25, -0.2) is 0 Å². The van der Waals surface area contributed by atoms with Gasteiger partial charge in [0.1, 0.15) is 0 Å². The molecule has 0 aliphatic heterocycles. The minimum atomic E-state index is -0.281. The van der Waals surface area contributed by atoms with Crippen molar-refractivity contribution in [2.75, 3.05) is 7.11 Å². The van der Waals surface area contributed by atoms with Crippen LogP contribution in [0.4, 0.5) is 0 Å². The molecule has 3 nitrogen and oxygen atoms in total. The van der Waals surface area contributed by atoms with E-state index < -0.39 is 0 Å². The molecule has 0 spiro atoms. The molecule has 0 saturated heterocycles. The number of hydrogen-bond donors (Lipinski definition) is 0. The summed E-state index contributed by atoms with van der Waals surface area (Å²) < 4.78 is 4.62. The average molecular weight is 217 g/mol. The Hall–Kier alpha value is -1.82. The van der Waals surface area contributed by atoms with E-state index in [1.165, 1.54) is 7.11 Å². The van der Waals surface area contributed by atoms with Gasteiger partial charge in [-0.3, -0.25) is 4.79 Å². The summed E-state index contributed by atoms with van der Waals surface area (Å²) in [6.45, 7) is 3.95. The number of benzene rings is 1. The van der Waals surface area contributed by atoms with Crippen molar-refractivity contribution in [2.45, 2.75) is 26.7 Å². The van der Waals surface area contributed by atoms with Gasteiger partial charge in [0.15, 0.2) is 0 Å². The smallest absolute Gasteiger partial charge is 0.309 e. The largest absolute Gasteiger partial charge is 0.469 e. The third-order valence-electron chi connectivity index (χ3n) is 2.63. The molecular formula is C13H15NO2. The molecule has 0 unspecified atom stereocenters. The predicted molar refractivity (Wildman–Crippen MR) is 61.0 cm³/mol. The molecule has 84 valence electrons. The van der Waals surface area contributed by atoms with Crippen LogP contribution >= 0.6 is 0 Å². The molecule has 1 aromatic carbocycles. The van der Waals surface area contributed by atoms with Gasteiger partial charge in [-0.05, 0) is 36.1 Å². The number of hydrogen-bond acceptors (Lipinski definition) is 3. The van der Waals surface area contributed by atoms with Crippen LogP contribution < -0.4 is 0 Å². The Morgan fingerprint density at radius 2 is 2.12 bits per heavy atom. The molecule has 0 aliphatic carbocycles. The highest BCUT2D eigenvalue weighted by Crippen LogP contribution is 2.17. The van der Waals surface area contributed by atoms with Crippen molar-refractivity contribution in [3.8, 4) is 6.07 Å². The van der Waals surface area contributed by atoms with E-state index in [2.05, 4.69) is 10.8 Å². The maximum absolute atomic E-state index is 11.2. The number of nitriles is 1. The molecule has 0 radical (unpaired) electrons. The van der Waals surface area contributed by atoms with Gasteiger partial charge < -0.3 is 4.74 Å². The number of carbonyl (C=O) groups is 1. The molecule has 1 aromatic rings. The van der Waals surface area contributed by atoms with Crippen LogP contribution in [0.15, 0.2) is 12.1 Å². The van der Waals surface area contributed by atoms with Gasteiger partial charge in [0.05, 0.1) is 25.2 Å². The van der Waals surface area contributed by atoms with E-state index in [1.807, 2.05) is 19.9 Å². The highest BCUT2D eigenvalue weighted by molar-refractivity contribution is 5.73. The second kappa shape index (κ2) is 5.32. The van der Waals surface area contributed by atoms with Crippen LogP contribution in [-0.4, -0.2) is 13.1 Å². The fourth-order valence-corrected chi connectivity index (χ4v) is 1.63. The first kappa shape index (κ1) is 12.3. The maximum atomic E-state index is 11.2. The van der Waals surface area contributed by atoms with Gasteiger partial charge in [0, 0.05) is 0 Å². The van der Waals surface area contributed by atoms with Crippen LogP contribution in [0.1, 0.15) is 29.2 Å². The number of carbonyl (C=O) groups excluding carboxylic acids is 1. The van der Waals surface area contributed by atoms with E-state index in [-0.39, 0.29) is 12.4 Å². The Balaban J connectivity index is 3.12. The van der Waals surface area contributed by atoms with E-state index in [9.17, 15) is 4.79 Å². The zero-order valence-corrected chi connectivity index (χ0v) is 9.83. The number of esters is 1. The fourth-order valence-electron chi connectivity index (χ4n) is 1.63. The molecule has 0 saturated carbocycles. The lowest BCUT2D eigenvalue weighted by Gasteiger charge is -2.08. The lowest BCUT2D eigenvalue weighted by molar-refractivity contribution is -0.139. The molecule has 0 amide bonds. The first-order chi connectivity index (χ1) is 7.62. The molecule has 1 rings (SSSR count). The number of aryl methyl sites for hydroxylation is 2. The zero-order valence-electron chi connectivity index (χ0n) is 9.83. The molecule has 0 bridgehead atoms. The van der Waals surface area contributed by atoms with Crippen molar-refractivity contribution in [1.29, 1.82) is 5.26 Å². The third kappa shape index (κ3) is 2.60. The Morgan fingerprint density at radius 1 is 1.44 bits per heavy atom. The summed E-state index contributed by atoms with van der Waals surface area (Å²) >= 11 is 0. The molecule has 0 fully saturated rings. The first-order valence-corrected chi connectivity index (χ1v) is 5.21. The van der Waals surface area contributed by atoms with Crippen LogP contribution in [0.25, 0.3) is 0 Å². The lowest BCUT2D eigenvalue weighted by Crippen LogP contribution is -2.07. The predicted octanol–water partition coefficient (Wildman–Crippen LogP) is 2.14. The van der Waals surface area contributed by atoms with Crippen LogP contribution in [-0.2, 0) is 22.4 Å². The van der Waals surface area contributed by atoms with Crippen molar-refractivity contribution >= 4 is 5.97 Å². The number of nitrogens with zero attached hydrogens (tertiary/aromatic N) is 1. The lowest BCUT2D eigenvalue weighted by atomic mass is 9.96. The van der Waals surface area contributed by atoms with Gasteiger partial charge in [0.25, 0.3) is 0 Å². The van der Waals surface area contributed by atoms with Crippen molar-refractivity contribution in [3.63, 3.8) is 0 Å². The van der Waals surface area contributed by atoms with Crippen LogP contribution in [0.3, 0.4) is 0 Å². The van der Waals surface area contributed by atoms with Crippen LogP contribution in [0, 0.1) is 18.3 Å². The minimum absolute atomic E-state index is 0.223. The summed E-state index contributed by atoms with van der Waals surface area (Å²) in [6.07, 6.45) is 1.04. The molecule has 0 aliphatic rings. The van der Waals surface area contributed by atoms with E-state index in [4.69, 9.17) is 5.26 Å². The summed E-state index contributed by atoms with van der Waals surface area (Å²) in [4.78, 5) is 11.2. The number of rotatable bonds is 3. The molecule has 0 N–H and O–H groups in total.